The van der Waals surface area contributed by atoms with Gasteiger partial charge in [-0.1, -0.05) is 13.3 Å². The van der Waals surface area contributed by atoms with Crippen molar-refractivity contribution in [1.82, 2.24) is 15.3 Å². The second kappa shape index (κ2) is 6.55. The largest absolute Gasteiger partial charge is 0.354 e. The number of aryl methyl sites for hydroxylation is 1. The molecule has 4 heteroatoms. The van der Waals surface area contributed by atoms with Crippen molar-refractivity contribution in [3.63, 3.8) is 0 Å². The Hall–Kier alpha value is -1.16. The topological polar surface area (TPSA) is 49.8 Å². The molecule has 2 N–H and O–H groups in total. The van der Waals surface area contributed by atoms with Crippen LogP contribution in [0.5, 0.6) is 0 Å². The van der Waals surface area contributed by atoms with E-state index >= 15 is 0 Å². The Kier molecular flexibility index (Phi) is 4.74. The van der Waals surface area contributed by atoms with E-state index in [0.717, 1.165) is 31.8 Å². The van der Waals surface area contributed by atoms with Gasteiger partial charge in [-0.25, -0.2) is 9.97 Å². The first-order chi connectivity index (χ1) is 8.38. The molecular weight excluding hydrogens is 212 g/mol. The molecule has 4 nitrogen and oxygen atoms in total. The van der Waals surface area contributed by atoms with Crippen LogP contribution in [-0.4, -0.2) is 29.1 Å². The molecule has 1 aliphatic rings. The molecule has 1 atom stereocenters. The van der Waals surface area contributed by atoms with Gasteiger partial charge in [-0.15, -0.1) is 0 Å². The molecule has 0 aromatic carbocycles. The van der Waals surface area contributed by atoms with Gasteiger partial charge in [0.2, 0.25) is 5.95 Å². The van der Waals surface area contributed by atoms with Gasteiger partial charge in [-0.05, 0) is 37.8 Å². The Morgan fingerprint density at radius 1 is 1.41 bits per heavy atom. The summed E-state index contributed by atoms with van der Waals surface area (Å²) in [6.07, 6.45) is 9.82. The quantitative estimate of drug-likeness (QED) is 0.790. The van der Waals surface area contributed by atoms with Crippen molar-refractivity contribution in [3.8, 4) is 0 Å². The SMILES string of the molecule is CCCc1cnc(NCCC2CCCN2)nc1. The monoisotopic (exact) mass is 234 g/mol. The van der Waals surface area contributed by atoms with Gasteiger partial charge in [-0.2, -0.15) is 0 Å². The molecule has 1 fully saturated rings. The smallest absolute Gasteiger partial charge is 0.222 e. The van der Waals surface area contributed by atoms with E-state index in [-0.39, 0.29) is 0 Å². The number of nitrogens with one attached hydrogen (secondary N) is 2. The second-order valence-corrected chi connectivity index (χ2v) is 4.67. The molecule has 2 rings (SSSR count). The fourth-order valence-electron chi connectivity index (χ4n) is 2.23. The molecule has 0 aliphatic carbocycles. The molecule has 1 aromatic heterocycles. The van der Waals surface area contributed by atoms with Gasteiger partial charge in [0.15, 0.2) is 0 Å². The minimum absolute atomic E-state index is 0.682. The van der Waals surface area contributed by atoms with Crippen LogP contribution in [0.15, 0.2) is 12.4 Å². The van der Waals surface area contributed by atoms with Crippen molar-refractivity contribution in [2.75, 3.05) is 18.4 Å². The third-order valence-corrected chi connectivity index (χ3v) is 3.18. The van der Waals surface area contributed by atoms with Crippen molar-refractivity contribution < 1.29 is 0 Å². The van der Waals surface area contributed by atoms with E-state index < -0.39 is 0 Å². The second-order valence-electron chi connectivity index (χ2n) is 4.67. The Balaban J connectivity index is 1.70. The zero-order valence-corrected chi connectivity index (χ0v) is 10.6. The molecular formula is C13H22N4. The highest BCUT2D eigenvalue weighted by Gasteiger charge is 2.12. The number of hydrogen-bond donors (Lipinski definition) is 2. The fraction of sp³-hybridized carbons (Fsp3) is 0.692. The standard InChI is InChI=1S/C13H22N4/c1-2-4-11-9-16-13(17-10-11)15-8-6-12-5-3-7-14-12/h9-10,12,14H,2-8H2,1H3,(H,15,16,17). The van der Waals surface area contributed by atoms with Gasteiger partial charge in [-0.3, -0.25) is 0 Å². The molecule has 0 spiro atoms. The van der Waals surface area contributed by atoms with E-state index in [4.69, 9.17) is 0 Å². The zero-order valence-electron chi connectivity index (χ0n) is 10.6. The summed E-state index contributed by atoms with van der Waals surface area (Å²) in [5.74, 6) is 0.753. The Morgan fingerprint density at radius 2 is 2.24 bits per heavy atom. The van der Waals surface area contributed by atoms with Gasteiger partial charge in [0.1, 0.15) is 0 Å². The summed E-state index contributed by atoms with van der Waals surface area (Å²) in [7, 11) is 0. The average Bonchev–Trinajstić information content (AvgIpc) is 2.85. The van der Waals surface area contributed by atoms with Crippen molar-refractivity contribution in [2.24, 2.45) is 0 Å². The normalized spacial score (nSPS) is 19.5. The number of rotatable bonds is 6. The summed E-state index contributed by atoms with van der Waals surface area (Å²) in [6, 6.07) is 0.682. The van der Waals surface area contributed by atoms with Crippen molar-refractivity contribution in [1.29, 1.82) is 0 Å². The Labute approximate surface area is 103 Å². The number of nitrogens with zero attached hydrogens (tertiary/aromatic N) is 2. The van der Waals surface area contributed by atoms with Crippen LogP contribution in [-0.2, 0) is 6.42 Å². The molecule has 1 unspecified atom stereocenters. The van der Waals surface area contributed by atoms with Crippen molar-refractivity contribution in [2.45, 2.75) is 45.1 Å². The lowest BCUT2D eigenvalue weighted by Gasteiger charge is -2.10. The van der Waals surface area contributed by atoms with Gasteiger partial charge in [0, 0.05) is 25.0 Å². The van der Waals surface area contributed by atoms with Crippen LogP contribution in [0.1, 0.15) is 38.2 Å². The lowest BCUT2D eigenvalue weighted by molar-refractivity contribution is 0.573. The van der Waals surface area contributed by atoms with Crippen LogP contribution in [0.3, 0.4) is 0 Å². The van der Waals surface area contributed by atoms with Gasteiger partial charge < -0.3 is 10.6 Å². The first-order valence-electron chi connectivity index (χ1n) is 6.66. The molecule has 94 valence electrons. The van der Waals surface area contributed by atoms with E-state index in [1.165, 1.54) is 24.9 Å². The van der Waals surface area contributed by atoms with Crippen LogP contribution in [0.2, 0.25) is 0 Å². The summed E-state index contributed by atoms with van der Waals surface area (Å²) in [5, 5.41) is 6.77. The van der Waals surface area contributed by atoms with Crippen LogP contribution in [0, 0.1) is 0 Å². The minimum Gasteiger partial charge on any atom is -0.354 e. The van der Waals surface area contributed by atoms with Crippen LogP contribution < -0.4 is 10.6 Å². The predicted molar refractivity (Wildman–Crippen MR) is 70.2 cm³/mol. The molecule has 1 saturated heterocycles. The van der Waals surface area contributed by atoms with Crippen LogP contribution in [0.25, 0.3) is 0 Å². The average molecular weight is 234 g/mol. The molecule has 1 aliphatic heterocycles. The molecule has 0 bridgehead atoms. The molecule has 0 saturated carbocycles. The highest BCUT2D eigenvalue weighted by molar-refractivity contribution is 5.24. The highest BCUT2D eigenvalue weighted by Crippen LogP contribution is 2.09. The van der Waals surface area contributed by atoms with Gasteiger partial charge in [0.25, 0.3) is 0 Å². The number of hydrogen-bond acceptors (Lipinski definition) is 4. The number of anilines is 1. The maximum atomic E-state index is 4.32. The first kappa shape index (κ1) is 12.3. The van der Waals surface area contributed by atoms with E-state index in [1.807, 2.05) is 12.4 Å². The Bertz CT molecular complexity index is 317. The fourth-order valence-corrected chi connectivity index (χ4v) is 2.23. The molecule has 17 heavy (non-hydrogen) atoms. The van der Waals surface area contributed by atoms with Crippen LogP contribution >= 0.6 is 0 Å². The van der Waals surface area contributed by atoms with E-state index in [1.54, 1.807) is 0 Å². The van der Waals surface area contributed by atoms with Crippen molar-refractivity contribution in [3.05, 3.63) is 18.0 Å². The number of aromatic nitrogens is 2. The summed E-state index contributed by atoms with van der Waals surface area (Å²) in [4.78, 5) is 8.64. The maximum absolute atomic E-state index is 4.32. The summed E-state index contributed by atoms with van der Waals surface area (Å²) >= 11 is 0. The first-order valence-corrected chi connectivity index (χ1v) is 6.66. The maximum Gasteiger partial charge on any atom is 0.222 e. The molecule has 1 aromatic rings. The minimum atomic E-state index is 0.682. The Morgan fingerprint density at radius 3 is 2.88 bits per heavy atom. The highest BCUT2D eigenvalue weighted by atomic mass is 15.1. The van der Waals surface area contributed by atoms with Gasteiger partial charge in [0.05, 0.1) is 0 Å². The molecule has 2 heterocycles. The third-order valence-electron chi connectivity index (χ3n) is 3.18. The van der Waals surface area contributed by atoms with E-state index in [9.17, 15) is 0 Å². The van der Waals surface area contributed by atoms with Crippen LogP contribution in [0.4, 0.5) is 5.95 Å². The molecule has 0 amide bonds. The summed E-state index contributed by atoms with van der Waals surface area (Å²) in [5.41, 5.74) is 1.22. The summed E-state index contributed by atoms with van der Waals surface area (Å²) < 4.78 is 0. The zero-order chi connectivity index (χ0) is 11.9. The van der Waals surface area contributed by atoms with Gasteiger partial charge >= 0.3 is 0 Å². The lowest BCUT2D eigenvalue weighted by Crippen LogP contribution is -2.24. The van der Waals surface area contributed by atoms with E-state index in [2.05, 4.69) is 27.5 Å². The lowest BCUT2D eigenvalue weighted by atomic mass is 10.1. The molecule has 0 radical (unpaired) electrons. The summed E-state index contributed by atoms with van der Waals surface area (Å²) in [6.45, 7) is 4.29. The van der Waals surface area contributed by atoms with Crippen molar-refractivity contribution >= 4 is 5.95 Å². The third kappa shape index (κ3) is 3.97. The van der Waals surface area contributed by atoms with E-state index in [0.29, 0.717) is 6.04 Å². The predicted octanol–water partition coefficient (Wildman–Crippen LogP) is 1.98.